The van der Waals surface area contributed by atoms with E-state index in [1.165, 1.54) is 19.3 Å². The van der Waals surface area contributed by atoms with Crippen molar-refractivity contribution < 1.29 is 14.3 Å². The molecule has 3 atom stereocenters. The molecule has 2 fully saturated rings. The maximum atomic E-state index is 12.5. The summed E-state index contributed by atoms with van der Waals surface area (Å²) in [7, 11) is 0. The molecular formula is C20H27BrN2O3. The van der Waals surface area contributed by atoms with Crippen LogP contribution in [0.4, 0.5) is 0 Å². The Hall–Kier alpha value is -1.56. The summed E-state index contributed by atoms with van der Waals surface area (Å²) >= 11 is 3.52. The molecule has 2 saturated carbocycles. The van der Waals surface area contributed by atoms with Gasteiger partial charge >= 0.3 is 0 Å². The fraction of sp³-hybridized carbons (Fsp3) is 0.600. The smallest absolute Gasteiger partial charge is 0.244 e. The molecule has 1 aromatic carbocycles. The number of halogens is 1. The molecular weight excluding hydrogens is 396 g/mol. The van der Waals surface area contributed by atoms with Gasteiger partial charge in [-0.25, -0.2) is 5.43 Å². The number of hydrazone groups is 1. The van der Waals surface area contributed by atoms with Gasteiger partial charge in [0, 0.05) is 5.92 Å². The first-order valence-electron chi connectivity index (χ1n) is 9.43. The van der Waals surface area contributed by atoms with Crippen molar-refractivity contribution in [2.75, 3.05) is 13.2 Å². The number of amides is 1. The summed E-state index contributed by atoms with van der Waals surface area (Å²) in [5, 5.41) is 4.17. The number of ether oxygens (including phenoxy) is 2. The zero-order valence-electron chi connectivity index (χ0n) is 15.7. The molecule has 1 amide bonds. The second kappa shape index (κ2) is 7.99. The van der Waals surface area contributed by atoms with Crippen LogP contribution in [0, 0.1) is 17.3 Å². The molecule has 0 unspecified atom stereocenters. The minimum Gasteiger partial charge on any atom is -0.490 e. The highest BCUT2D eigenvalue weighted by Crippen LogP contribution is 2.66. The Morgan fingerprint density at radius 1 is 1.35 bits per heavy atom. The number of benzene rings is 1. The highest BCUT2D eigenvalue weighted by molar-refractivity contribution is 9.10. The van der Waals surface area contributed by atoms with E-state index >= 15 is 0 Å². The van der Waals surface area contributed by atoms with Crippen LogP contribution in [0.5, 0.6) is 11.5 Å². The standard InChI is InChI=1S/C20H27BrN2O3/c1-4-25-16-11-13(10-15(21)18(16)26-5-2)12-22-23-19(24)17-14-8-6-7-9-20(14,17)3/h10-12,14,17H,4-9H2,1-3H3,(H,23,24)/b22-12-/t14-,17+,20-/m1/s1. The predicted octanol–water partition coefficient (Wildman–Crippen LogP) is 4.52. The highest BCUT2D eigenvalue weighted by Gasteiger charge is 2.64. The van der Waals surface area contributed by atoms with E-state index in [2.05, 4.69) is 33.4 Å². The lowest BCUT2D eigenvalue weighted by Crippen LogP contribution is -2.22. The number of rotatable bonds is 7. The van der Waals surface area contributed by atoms with Crippen molar-refractivity contribution in [3.63, 3.8) is 0 Å². The molecule has 0 heterocycles. The highest BCUT2D eigenvalue weighted by atomic mass is 79.9. The Morgan fingerprint density at radius 3 is 2.77 bits per heavy atom. The first-order chi connectivity index (χ1) is 12.5. The summed E-state index contributed by atoms with van der Waals surface area (Å²) in [6.07, 6.45) is 6.45. The molecule has 142 valence electrons. The van der Waals surface area contributed by atoms with E-state index in [1.807, 2.05) is 26.0 Å². The number of hydrogen-bond donors (Lipinski definition) is 1. The number of carbonyl (C=O) groups is 1. The largest absolute Gasteiger partial charge is 0.490 e. The third-order valence-corrected chi connectivity index (χ3v) is 6.21. The first kappa shape index (κ1) is 19.2. The van der Waals surface area contributed by atoms with Gasteiger partial charge in [-0.15, -0.1) is 0 Å². The lowest BCUT2D eigenvalue weighted by Gasteiger charge is -2.15. The molecule has 0 spiro atoms. The van der Waals surface area contributed by atoms with Gasteiger partial charge in [-0.2, -0.15) is 5.10 Å². The van der Waals surface area contributed by atoms with Gasteiger partial charge in [-0.05, 0) is 71.6 Å². The number of fused-ring (bicyclic) bond motifs is 1. The summed E-state index contributed by atoms with van der Waals surface area (Å²) in [6.45, 7) is 7.21. The Morgan fingerprint density at radius 2 is 2.12 bits per heavy atom. The van der Waals surface area contributed by atoms with Crippen LogP contribution in [0.3, 0.4) is 0 Å². The van der Waals surface area contributed by atoms with E-state index < -0.39 is 0 Å². The minimum atomic E-state index is 0.0469. The van der Waals surface area contributed by atoms with Crippen molar-refractivity contribution in [1.82, 2.24) is 5.43 Å². The SMILES string of the molecule is CCOc1cc(/C=N\NC(=O)[C@@H]2[C@H]3CCCC[C@]32C)cc(Br)c1OCC. The predicted molar refractivity (Wildman–Crippen MR) is 106 cm³/mol. The quantitative estimate of drug-likeness (QED) is 0.518. The Bertz CT molecular complexity index is 707. The topological polar surface area (TPSA) is 59.9 Å². The lowest BCUT2D eigenvalue weighted by atomic mass is 9.90. The maximum absolute atomic E-state index is 12.5. The normalized spacial score (nSPS) is 27.1. The fourth-order valence-corrected chi connectivity index (χ4v) is 4.87. The summed E-state index contributed by atoms with van der Waals surface area (Å²) < 4.78 is 12.1. The van der Waals surface area contributed by atoms with Crippen molar-refractivity contribution in [2.45, 2.75) is 46.5 Å². The summed E-state index contributed by atoms with van der Waals surface area (Å²) in [4.78, 5) is 12.5. The molecule has 6 heteroatoms. The molecule has 2 aliphatic rings. The van der Waals surface area contributed by atoms with Gasteiger partial charge in [0.15, 0.2) is 11.5 Å². The second-order valence-electron chi connectivity index (χ2n) is 7.27. The van der Waals surface area contributed by atoms with Crippen LogP contribution in [0.25, 0.3) is 0 Å². The van der Waals surface area contributed by atoms with E-state index in [9.17, 15) is 4.79 Å². The van der Waals surface area contributed by atoms with Gasteiger partial charge in [0.25, 0.3) is 0 Å². The van der Waals surface area contributed by atoms with Crippen molar-refractivity contribution in [2.24, 2.45) is 22.4 Å². The third-order valence-electron chi connectivity index (χ3n) is 5.62. The molecule has 0 aromatic heterocycles. The molecule has 26 heavy (non-hydrogen) atoms. The van der Waals surface area contributed by atoms with Crippen LogP contribution < -0.4 is 14.9 Å². The zero-order valence-corrected chi connectivity index (χ0v) is 17.3. The van der Waals surface area contributed by atoms with Crippen LogP contribution in [-0.4, -0.2) is 25.3 Å². The minimum absolute atomic E-state index is 0.0469. The van der Waals surface area contributed by atoms with Gasteiger partial charge in [0.05, 0.1) is 23.9 Å². The van der Waals surface area contributed by atoms with E-state index in [0.717, 1.165) is 16.5 Å². The Labute approximate surface area is 163 Å². The summed E-state index contributed by atoms with van der Waals surface area (Å²) in [5.74, 6) is 2.05. The molecule has 0 aliphatic heterocycles. The molecule has 0 bridgehead atoms. The van der Waals surface area contributed by atoms with Gasteiger partial charge in [-0.3, -0.25) is 4.79 Å². The molecule has 0 saturated heterocycles. The molecule has 3 rings (SSSR count). The third kappa shape index (κ3) is 3.75. The van der Waals surface area contributed by atoms with Crippen LogP contribution >= 0.6 is 15.9 Å². The average molecular weight is 423 g/mol. The van der Waals surface area contributed by atoms with Crippen LogP contribution in [0.2, 0.25) is 0 Å². The van der Waals surface area contributed by atoms with Gasteiger partial charge in [-0.1, -0.05) is 19.8 Å². The Balaban J connectivity index is 1.66. The average Bonchev–Trinajstić information content (AvgIpc) is 3.23. The number of nitrogens with one attached hydrogen (secondary N) is 1. The zero-order chi connectivity index (χ0) is 18.7. The molecule has 2 aliphatic carbocycles. The van der Waals surface area contributed by atoms with Crippen LogP contribution in [-0.2, 0) is 4.79 Å². The second-order valence-corrected chi connectivity index (χ2v) is 8.12. The molecule has 5 nitrogen and oxygen atoms in total. The lowest BCUT2D eigenvalue weighted by molar-refractivity contribution is -0.123. The molecule has 1 aromatic rings. The van der Waals surface area contributed by atoms with Crippen molar-refractivity contribution >= 4 is 28.1 Å². The Kier molecular flexibility index (Phi) is 5.90. The van der Waals surface area contributed by atoms with Gasteiger partial charge < -0.3 is 9.47 Å². The van der Waals surface area contributed by atoms with E-state index in [0.29, 0.717) is 30.6 Å². The summed E-state index contributed by atoms with van der Waals surface area (Å²) in [6, 6.07) is 3.77. The van der Waals surface area contributed by atoms with E-state index in [4.69, 9.17) is 9.47 Å². The van der Waals surface area contributed by atoms with Crippen LogP contribution in [0.1, 0.15) is 52.0 Å². The molecule has 1 N–H and O–H groups in total. The number of hydrogen-bond acceptors (Lipinski definition) is 4. The summed E-state index contributed by atoms with van der Waals surface area (Å²) in [5.41, 5.74) is 3.76. The van der Waals surface area contributed by atoms with E-state index in [1.54, 1.807) is 6.21 Å². The van der Waals surface area contributed by atoms with E-state index in [-0.39, 0.29) is 17.2 Å². The van der Waals surface area contributed by atoms with Crippen molar-refractivity contribution in [3.05, 3.63) is 22.2 Å². The number of nitrogens with zero attached hydrogens (tertiary/aromatic N) is 1. The van der Waals surface area contributed by atoms with Crippen LogP contribution in [0.15, 0.2) is 21.7 Å². The monoisotopic (exact) mass is 422 g/mol. The first-order valence-corrected chi connectivity index (χ1v) is 10.2. The maximum Gasteiger partial charge on any atom is 0.244 e. The number of carbonyl (C=O) groups excluding carboxylic acids is 1. The molecule has 0 radical (unpaired) electrons. The van der Waals surface area contributed by atoms with Crippen molar-refractivity contribution in [3.8, 4) is 11.5 Å². The van der Waals surface area contributed by atoms with Gasteiger partial charge in [0.1, 0.15) is 0 Å². The van der Waals surface area contributed by atoms with Gasteiger partial charge in [0.2, 0.25) is 5.91 Å². The van der Waals surface area contributed by atoms with Crippen molar-refractivity contribution in [1.29, 1.82) is 0 Å². The fourth-order valence-electron chi connectivity index (χ4n) is 4.30.